The highest BCUT2D eigenvalue weighted by molar-refractivity contribution is 5.85. The molecule has 0 radical (unpaired) electrons. The first-order valence-electron chi connectivity index (χ1n) is 7.15. The van der Waals surface area contributed by atoms with E-state index >= 15 is 0 Å². The number of ether oxygens (including phenoxy) is 1. The molecule has 2 atom stereocenters. The molecule has 1 aromatic carbocycles. The van der Waals surface area contributed by atoms with Crippen molar-refractivity contribution < 1.29 is 18.4 Å². The van der Waals surface area contributed by atoms with Crippen LogP contribution in [0.3, 0.4) is 0 Å². The van der Waals surface area contributed by atoms with Gasteiger partial charge in [0, 0.05) is 19.2 Å². The van der Waals surface area contributed by atoms with Crippen LogP contribution in [0.1, 0.15) is 25.3 Å². The van der Waals surface area contributed by atoms with Crippen LogP contribution in [-0.2, 0) is 9.53 Å². The zero-order valence-corrected chi connectivity index (χ0v) is 14.2. The lowest BCUT2D eigenvalue weighted by molar-refractivity contribution is -0.124. The number of carbonyl (C=O) groups excluding carboxylic acids is 1. The normalized spacial score (nSPS) is 13.0. The van der Waals surface area contributed by atoms with Gasteiger partial charge in [-0.1, -0.05) is 17.3 Å². The highest BCUT2D eigenvalue weighted by Crippen LogP contribution is 2.19. The molecule has 2 unspecified atom stereocenters. The fourth-order valence-electron chi connectivity index (χ4n) is 1.99. The van der Waals surface area contributed by atoms with Gasteiger partial charge in [-0.2, -0.15) is 4.98 Å². The first kappa shape index (κ1) is 20.0. The zero-order chi connectivity index (χ0) is 16.8. The maximum absolute atomic E-state index is 13.2. The van der Waals surface area contributed by atoms with Crippen molar-refractivity contribution in [3.05, 3.63) is 36.0 Å². The van der Waals surface area contributed by atoms with E-state index in [1.165, 1.54) is 19.2 Å². The lowest BCUT2D eigenvalue weighted by Crippen LogP contribution is -2.33. The number of benzene rings is 1. The lowest BCUT2D eigenvalue weighted by Gasteiger charge is -2.14. The minimum Gasteiger partial charge on any atom is -0.380 e. The summed E-state index contributed by atoms with van der Waals surface area (Å²) in [6.45, 7) is 1.97. The Morgan fingerprint density at radius 2 is 2.25 bits per heavy atom. The molecule has 0 spiro atoms. The van der Waals surface area contributed by atoms with E-state index in [9.17, 15) is 9.18 Å². The molecule has 9 heteroatoms. The summed E-state index contributed by atoms with van der Waals surface area (Å²) in [7, 11) is 1.50. The summed E-state index contributed by atoms with van der Waals surface area (Å²) in [5.74, 6) is -0.125. The minimum absolute atomic E-state index is 0. The monoisotopic (exact) mass is 358 g/mol. The molecule has 132 valence electrons. The Kier molecular flexibility index (Phi) is 7.76. The van der Waals surface area contributed by atoms with Crippen LogP contribution >= 0.6 is 12.4 Å². The van der Waals surface area contributed by atoms with E-state index in [1.54, 1.807) is 19.1 Å². The molecule has 7 nitrogen and oxygen atoms in total. The van der Waals surface area contributed by atoms with Crippen LogP contribution in [0.15, 0.2) is 28.8 Å². The predicted molar refractivity (Wildman–Crippen MR) is 88.0 cm³/mol. The molecule has 0 aliphatic heterocycles. The van der Waals surface area contributed by atoms with Gasteiger partial charge in [0.25, 0.3) is 0 Å². The number of carbonyl (C=O) groups is 1. The molecule has 0 bridgehead atoms. The first-order valence-corrected chi connectivity index (χ1v) is 7.15. The van der Waals surface area contributed by atoms with E-state index in [2.05, 4.69) is 15.5 Å². The second kappa shape index (κ2) is 9.31. The molecule has 3 N–H and O–H groups in total. The van der Waals surface area contributed by atoms with Gasteiger partial charge in [-0.05, 0) is 19.1 Å². The highest BCUT2D eigenvalue weighted by Gasteiger charge is 2.19. The second-order valence-corrected chi connectivity index (χ2v) is 5.05. The molecule has 2 aromatic rings. The van der Waals surface area contributed by atoms with E-state index in [4.69, 9.17) is 15.0 Å². The molecule has 1 amide bonds. The molecule has 0 aliphatic rings. The number of nitrogens with zero attached hydrogens (tertiary/aromatic N) is 2. The lowest BCUT2D eigenvalue weighted by atomic mass is 10.2. The molecule has 0 fully saturated rings. The van der Waals surface area contributed by atoms with Gasteiger partial charge < -0.3 is 20.3 Å². The van der Waals surface area contributed by atoms with Gasteiger partial charge in [-0.15, -0.1) is 12.4 Å². The molecular weight excluding hydrogens is 339 g/mol. The SMILES string of the molecule is COC(CN)CC(=O)NC(C)c1nc(-c2cccc(F)c2)no1.Cl. The quantitative estimate of drug-likeness (QED) is 0.782. The van der Waals surface area contributed by atoms with Crippen LogP contribution < -0.4 is 11.1 Å². The topological polar surface area (TPSA) is 103 Å². The fourth-order valence-corrected chi connectivity index (χ4v) is 1.99. The molecular formula is C15H20ClFN4O3. The van der Waals surface area contributed by atoms with Gasteiger partial charge in [0.1, 0.15) is 11.9 Å². The van der Waals surface area contributed by atoms with Gasteiger partial charge >= 0.3 is 0 Å². The Labute approximate surface area is 145 Å². The van der Waals surface area contributed by atoms with Crippen molar-refractivity contribution >= 4 is 18.3 Å². The molecule has 2 rings (SSSR count). The summed E-state index contributed by atoms with van der Waals surface area (Å²) in [4.78, 5) is 16.1. The highest BCUT2D eigenvalue weighted by atomic mass is 35.5. The number of aromatic nitrogens is 2. The largest absolute Gasteiger partial charge is 0.380 e. The summed E-state index contributed by atoms with van der Waals surface area (Å²) in [5.41, 5.74) is 5.98. The summed E-state index contributed by atoms with van der Waals surface area (Å²) in [5, 5.41) is 6.53. The Bertz CT molecular complexity index is 664. The van der Waals surface area contributed by atoms with Gasteiger partial charge in [0.05, 0.1) is 12.5 Å². The maximum atomic E-state index is 13.2. The number of methoxy groups -OCH3 is 1. The zero-order valence-electron chi connectivity index (χ0n) is 13.4. The maximum Gasteiger partial charge on any atom is 0.249 e. The average Bonchev–Trinajstić information content (AvgIpc) is 3.02. The van der Waals surface area contributed by atoms with Gasteiger partial charge in [0.2, 0.25) is 17.6 Å². The van der Waals surface area contributed by atoms with Crippen molar-refractivity contribution in [2.75, 3.05) is 13.7 Å². The standard InChI is InChI=1S/C15H19FN4O3.ClH/c1-9(18-13(21)7-12(8-17)22-2)15-19-14(20-23-15)10-4-3-5-11(16)6-10;/h3-6,9,12H,7-8,17H2,1-2H3,(H,18,21);1H. The van der Waals surface area contributed by atoms with E-state index in [1.807, 2.05) is 0 Å². The fraction of sp³-hybridized carbons (Fsp3) is 0.400. The van der Waals surface area contributed by atoms with Crippen LogP contribution in [0.2, 0.25) is 0 Å². The van der Waals surface area contributed by atoms with Crippen LogP contribution in [0, 0.1) is 5.82 Å². The minimum atomic E-state index is -0.479. The molecule has 0 aliphatic carbocycles. The number of amides is 1. The number of hydrogen-bond acceptors (Lipinski definition) is 6. The number of hydrogen-bond donors (Lipinski definition) is 2. The molecule has 0 saturated carbocycles. The Hall–Kier alpha value is -2.03. The van der Waals surface area contributed by atoms with Crippen molar-refractivity contribution in [1.29, 1.82) is 0 Å². The van der Waals surface area contributed by atoms with Crippen LogP contribution in [0.5, 0.6) is 0 Å². The third-order valence-corrected chi connectivity index (χ3v) is 3.28. The van der Waals surface area contributed by atoms with Gasteiger partial charge in [-0.3, -0.25) is 4.79 Å². The predicted octanol–water partition coefficient (Wildman–Crippen LogP) is 1.84. The van der Waals surface area contributed by atoms with Crippen LogP contribution in [0.4, 0.5) is 4.39 Å². The average molecular weight is 359 g/mol. The third-order valence-electron chi connectivity index (χ3n) is 3.28. The summed E-state index contributed by atoms with van der Waals surface area (Å²) >= 11 is 0. The molecule has 0 saturated heterocycles. The van der Waals surface area contributed by atoms with Gasteiger partial charge in [-0.25, -0.2) is 4.39 Å². The van der Waals surface area contributed by atoms with Crippen LogP contribution in [-0.4, -0.2) is 35.8 Å². The van der Waals surface area contributed by atoms with E-state index in [0.29, 0.717) is 5.56 Å². The summed E-state index contributed by atoms with van der Waals surface area (Å²) < 4.78 is 23.4. The molecule has 1 aromatic heterocycles. The van der Waals surface area contributed by atoms with E-state index < -0.39 is 6.04 Å². The molecule has 24 heavy (non-hydrogen) atoms. The van der Waals surface area contributed by atoms with Crippen molar-refractivity contribution in [3.8, 4) is 11.4 Å². The second-order valence-electron chi connectivity index (χ2n) is 5.05. The smallest absolute Gasteiger partial charge is 0.249 e. The van der Waals surface area contributed by atoms with E-state index in [-0.39, 0.29) is 54.9 Å². The van der Waals surface area contributed by atoms with Crippen molar-refractivity contribution in [2.24, 2.45) is 5.73 Å². The summed E-state index contributed by atoms with van der Waals surface area (Å²) in [6.07, 6.45) is -0.199. The Morgan fingerprint density at radius 3 is 2.88 bits per heavy atom. The first-order chi connectivity index (χ1) is 11.0. The summed E-state index contributed by atoms with van der Waals surface area (Å²) in [6, 6.07) is 5.39. The van der Waals surface area contributed by atoms with E-state index in [0.717, 1.165) is 0 Å². The number of nitrogens with one attached hydrogen (secondary N) is 1. The van der Waals surface area contributed by atoms with Crippen molar-refractivity contribution in [2.45, 2.75) is 25.5 Å². The van der Waals surface area contributed by atoms with Crippen molar-refractivity contribution in [3.63, 3.8) is 0 Å². The number of rotatable bonds is 7. The van der Waals surface area contributed by atoms with Crippen molar-refractivity contribution in [1.82, 2.24) is 15.5 Å². The third kappa shape index (κ3) is 5.26. The van der Waals surface area contributed by atoms with Crippen LogP contribution in [0.25, 0.3) is 11.4 Å². The Morgan fingerprint density at radius 1 is 1.50 bits per heavy atom. The number of nitrogens with two attached hydrogens (primary N) is 1. The number of halogens is 2. The Balaban J connectivity index is 0.00000288. The van der Waals surface area contributed by atoms with Gasteiger partial charge in [0.15, 0.2) is 0 Å². The molecule has 1 heterocycles.